The molecule has 0 aliphatic carbocycles. The molecule has 1 aromatic heterocycles. The van der Waals surface area contributed by atoms with Crippen LogP contribution in [0.25, 0.3) is 10.9 Å². The van der Waals surface area contributed by atoms with Gasteiger partial charge in [-0.15, -0.1) is 0 Å². The lowest BCUT2D eigenvalue weighted by Gasteiger charge is -2.19. The second-order valence-corrected chi connectivity index (χ2v) is 6.04. The van der Waals surface area contributed by atoms with E-state index in [0.29, 0.717) is 16.7 Å². The average Bonchev–Trinajstić information content (AvgIpc) is 2.74. The molecule has 2 aromatic rings. The second-order valence-electron chi connectivity index (χ2n) is 6.04. The number of nitrogens with zero attached hydrogens (tertiary/aromatic N) is 1. The minimum atomic E-state index is -1.11. The van der Waals surface area contributed by atoms with Crippen LogP contribution in [0.3, 0.4) is 0 Å². The molecule has 0 saturated carbocycles. The number of hydrogen-bond donors (Lipinski definition) is 1. The number of rotatable bonds is 2. The number of aryl methyl sites for hydroxylation is 1. The van der Waals surface area contributed by atoms with Gasteiger partial charge < -0.3 is 14.6 Å². The van der Waals surface area contributed by atoms with Crippen LogP contribution in [-0.4, -0.2) is 34.4 Å². The van der Waals surface area contributed by atoms with Crippen LogP contribution in [0.1, 0.15) is 36.7 Å². The van der Waals surface area contributed by atoms with Crippen molar-refractivity contribution in [3.8, 4) is 5.75 Å². The third kappa shape index (κ3) is 2.90. The monoisotopic (exact) mass is 305 g/mol. The summed E-state index contributed by atoms with van der Waals surface area (Å²) in [4.78, 5) is 23.7. The van der Waals surface area contributed by atoms with Crippen LogP contribution in [0.15, 0.2) is 18.3 Å². The number of ether oxygens (including phenoxy) is 2. The van der Waals surface area contributed by atoms with E-state index in [0.717, 1.165) is 5.56 Å². The van der Waals surface area contributed by atoms with E-state index in [1.54, 1.807) is 32.9 Å². The van der Waals surface area contributed by atoms with Crippen LogP contribution in [0.2, 0.25) is 0 Å². The lowest BCUT2D eigenvalue weighted by molar-refractivity contribution is 0.0544. The second kappa shape index (κ2) is 5.36. The fourth-order valence-corrected chi connectivity index (χ4v) is 2.21. The fourth-order valence-electron chi connectivity index (χ4n) is 2.21. The van der Waals surface area contributed by atoms with E-state index < -0.39 is 17.7 Å². The van der Waals surface area contributed by atoms with E-state index in [1.165, 1.54) is 17.9 Å². The molecule has 0 aliphatic rings. The van der Waals surface area contributed by atoms with Crippen molar-refractivity contribution in [1.29, 1.82) is 0 Å². The van der Waals surface area contributed by atoms with Gasteiger partial charge in [-0.1, -0.05) is 0 Å². The number of carboxylic acids is 1. The van der Waals surface area contributed by atoms with Gasteiger partial charge in [0.1, 0.15) is 11.4 Å². The molecule has 6 nitrogen and oxygen atoms in total. The van der Waals surface area contributed by atoms with E-state index in [9.17, 15) is 14.7 Å². The van der Waals surface area contributed by atoms with Gasteiger partial charge in [0.05, 0.1) is 18.2 Å². The molecule has 0 unspecified atom stereocenters. The molecule has 2 rings (SSSR count). The molecule has 1 heterocycles. The molecule has 1 aromatic carbocycles. The normalized spacial score (nSPS) is 11.5. The van der Waals surface area contributed by atoms with Crippen molar-refractivity contribution in [2.75, 3.05) is 7.11 Å². The van der Waals surface area contributed by atoms with Gasteiger partial charge in [0.25, 0.3) is 0 Å². The van der Waals surface area contributed by atoms with Gasteiger partial charge in [-0.3, -0.25) is 4.57 Å². The number of carbonyl (C=O) groups is 2. The molecule has 118 valence electrons. The predicted molar refractivity (Wildman–Crippen MR) is 81.8 cm³/mol. The SMILES string of the molecule is COc1cc2c(C(=O)O)cn(C(=O)OC(C)(C)C)c2cc1C. The van der Waals surface area contributed by atoms with Crippen LogP contribution in [0.4, 0.5) is 4.79 Å². The zero-order valence-electron chi connectivity index (χ0n) is 13.3. The summed E-state index contributed by atoms with van der Waals surface area (Å²) in [6.45, 7) is 7.08. The van der Waals surface area contributed by atoms with Crippen molar-refractivity contribution < 1.29 is 24.2 Å². The van der Waals surface area contributed by atoms with Crippen LogP contribution >= 0.6 is 0 Å². The number of methoxy groups -OCH3 is 1. The molecule has 0 radical (unpaired) electrons. The Labute approximate surface area is 128 Å². The molecule has 0 aliphatic heterocycles. The summed E-state index contributed by atoms with van der Waals surface area (Å²) in [5.41, 5.74) is 0.637. The molecule has 0 fully saturated rings. The zero-order valence-corrected chi connectivity index (χ0v) is 13.3. The van der Waals surface area contributed by atoms with Gasteiger partial charge in [-0.25, -0.2) is 9.59 Å². The summed E-state index contributed by atoms with van der Waals surface area (Å²) >= 11 is 0. The number of hydrogen-bond acceptors (Lipinski definition) is 4. The maximum atomic E-state index is 12.3. The Morgan fingerprint density at radius 1 is 1.23 bits per heavy atom. The van der Waals surface area contributed by atoms with Crippen LogP contribution in [-0.2, 0) is 4.74 Å². The third-order valence-electron chi connectivity index (χ3n) is 3.14. The molecule has 1 N–H and O–H groups in total. The van der Waals surface area contributed by atoms with Crippen molar-refractivity contribution in [3.63, 3.8) is 0 Å². The predicted octanol–water partition coefficient (Wildman–Crippen LogP) is 3.44. The molecule has 0 saturated heterocycles. The summed E-state index contributed by atoms with van der Waals surface area (Å²) < 4.78 is 11.8. The van der Waals surface area contributed by atoms with Gasteiger partial charge in [0.2, 0.25) is 0 Å². The smallest absolute Gasteiger partial charge is 0.419 e. The quantitative estimate of drug-likeness (QED) is 0.919. The number of fused-ring (bicyclic) bond motifs is 1. The van der Waals surface area contributed by atoms with Gasteiger partial charge in [0.15, 0.2) is 0 Å². The number of aromatic nitrogens is 1. The zero-order chi connectivity index (χ0) is 16.7. The maximum Gasteiger partial charge on any atom is 0.419 e. The Morgan fingerprint density at radius 2 is 1.86 bits per heavy atom. The Balaban J connectivity index is 2.67. The first-order chi connectivity index (χ1) is 10.1. The highest BCUT2D eigenvalue weighted by molar-refractivity contribution is 6.06. The number of aromatic carboxylic acids is 1. The summed E-state index contributed by atoms with van der Waals surface area (Å²) in [6.07, 6.45) is 0.662. The Kier molecular flexibility index (Phi) is 3.87. The minimum absolute atomic E-state index is 0.0270. The van der Waals surface area contributed by atoms with Gasteiger partial charge >= 0.3 is 12.1 Å². The summed E-state index contributed by atoms with van der Waals surface area (Å²) in [6, 6.07) is 3.33. The van der Waals surface area contributed by atoms with Crippen molar-refractivity contribution in [1.82, 2.24) is 4.57 Å². The van der Waals surface area contributed by atoms with Crippen LogP contribution in [0.5, 0.6) is 5.75 Å². The summed E-state index contributed by atoms with van der Waals surface area (Å²) in [5, 5.41) is 9.77. The molecule has 0 bridgehead atoms. The number of benzene rings is 1. The minimum Gasteiger partial charge on any atom is -0.496 e. The lowest BCUT2D eigenvalue weighted by atomic mass is 10.1. The summed E-state index contributed by atoms with van der Waals surface area (Å²) in [5.74, 6) is -0.546. The molecule has 0 amide bonds. The van der Waals surface area contributed by atoms with E-state index in [-0.39, 0.29) is 5.56 Å². The molecular weight excluding hydrogens is 286 g/mol. The average molecular weight is 305 g/mol. The first-order valence-electron chi connectivity index (χ1n) is 6.80. The van der Waals surface area contributed by atoms with Crippen molar-refractivity contribution in [2.24, 2.45) is 0 Å². The Bertz CT molecular complexity index is 752. The lowest BCUT2D eigenvalue weighted by Crippen LogP contribution is -2.26. The van der Waals surface area contributed by atoms with Crippen molar-refractivity contribution in [2.45, 2.75) is 33.3 Å². The molecule has 0 spiro atoms. The van der Waals surface area contributed by atoms with E-state index in [4.69, 9.17) is 9.47 Å². The third-order valence-corrected chi connectivity index (χ3v) is 3.14. The maximum absolute atomic E-state index is 12.3. The van der Waals surface area contributed by atoms with Crippen molar-refractivity contribution in [3.05, 3.63) is 29.5 Å². The first-order valence-corrected chi connectivity index (χ1v) is 6.80. The van der Waals surface area contributed by atoms with Crippen molar-refractivity contribution >= 4 is 23.0 Å². The largest absolute Gasteiger partial charge is 0.496 e. The van der Waals surface area contributed by atoms with Crippen LogP contribution in [0, 0.1) is 6.92 Å². The van der Waals surface area contributed by atoms with E-state index in [1.807, 2.05) is 6.92 Å². The van der Waals surface area contributed by atoms with E-state index >= 15 is 0 Å². The number of carbonyl (C=O) groups excluding carboxylic acids is 1. The standard InChI is InChI=1S/C16H19NO5/c1-9-6-12-10(7-13(9)21-5)11(14(18)19)8-17(12)15(20)22-16(2,3)4/h6-8H,1-5H3,(H,18,19). The highest BCUT2D eigenvalue weighted by Crippen LogP contribution is 2.30. The van der Waals surface area contributed by atoms with Gasteiger partial charge in [-0.2, -0.15) is 0 Å². The molecule has 22 heavy (non-hydrogen) atoms. The fraction of sp³-hybridized carbons (Fsp3) is 0.375. The first kappa shape index (κ1) is 15.9. The summed E-state index contributed by atoms with van der Waals surface area (Å²) in [7, 11) is 1.51. The van der Waals surface area contributed by atoms with Gasteiger partial charge in [-0.05, 0) is 45.4 Å². The number of carboxylic acid groups (broad SMARTS) is 1. The Morgan fingerprint density at radius 3 is 2.36 bits per heavy atom. The molecule has 6 heteroatoms. The molecular formula is C16H19NO5. The van der Waals surface area contributed by atoms with E-state index in [2.05, 4.69) is 0 Å². The van der Waals surface area contributed by atoms with Crippen LogP contribution < -0.4 is 4.74 Å². The Hall–Kier alpha value is -2.50. The van der Waals surface area contributed by atoms with Gasteiger partial charge in [0, 0.05) is 11.6 Å². The highest BCUT2D eigenvalue weighted by atomic mass is 16.6. The topological polar surface area (TPSA) is 77.8 Å². The highest BCUT2D eigenvalue weighted by Gasteiger charge is 2.23. The molecule has 0 atom stereocenters.